The Hall–Kier alpha value is 0.210. The lowest BCUT2D eigenvalue weighted by Gasteiger charge is -2.27. The Morgan fingerprint density at radius 3 is 2.57 bits per heavy atom. The van der Waals surface area contributed by atoms with Crippen LogP contribution in [0.5, 0.6) is 0 Å². The van der Waals surface area contributed by atoms with Crippen LogP contribution < -0.4 is 0 Å². The van der Waals surface area contributed by atoms with E-state index in [4.69, 9.17) is 16.3 Å². The van der Waals surface area contributed by atoms with Crippen LogP contribution in [0.3, 0.4) is 0 Å². The molecule has 0 aromatic heterocycles. The Bertz CT molecular complexity index is 137. The minimum atomic E-state index is 0.753. The smallest absolute Gasteiger partial charge is 0.0474 e. The highest BCUT2D eigenvalue weighted by Gasteiger charge is 2.21. The fourth-order valence-electron chi connectivity index (χ4n) is 2.27. The van der Waals surface area contributed by atoms with E-state index in [0.717, 1.165) is 38.0 Å². The number of ether oxygens (including phenoxy) is 1. The first-order chi connectivity index (χ1) is 6.88. The van der Waals surface area contributed by atoms with E-state index >= 15 is 0 Å². The topological polar surface area (TPSA) is 12.5 Å². The molecule has 0 heterocycles. The molecule has 14 heavy (non-hydrogen) atoms. The molecule has 2 nitrogen and oxygen atoms in total. The number of hydrogen-bond acceptors (Lipinski definition) is 2. The van der Waals surface area contributed by atoms with Crippen molar-refractivity contribution in [3.05, 3.63) is 0 Å². The Morgan fingerprint density at radius 1 is 1.29 bits per heavy atom. The van der Waals surface area contributed by atoms with Crippen LogP contribution in [0.15, 0.2) is 0 Å². The molecule has 0 aromatic carbocycles. The highest BCUT2D eigenvalue weighted by molar-refractivity contribution is 6.18. The van der Waals surface area contributed by atoms with Crippen molar-refractivity contribution in [3.8, 4) is 0 Å². The molecule has 0 radical (unpaired) electrons. The zero-order chi connectivity index (χ0) is 10.2. The number of rotatable bonds is 7. The molecule has 0 saturated heterocycles. The zero-order valence-corrected chi connectivity index (χ0v) is 9.93. The maximum atomic E-state index is 5.81. The average Bonchev–Trinajstić information content (AvgIpc) is 2.70. The predicted octanol–water partition coefficient (Wildman–Crippen LogP) is 2.51. The molecular formula is C11H22ClNO. The molecule has 1 saturated carbocycles. The molecule has 0 N–H and O–H groups in total. The molecule has 1 aliphatic rings. The molecule has 0 atom stereocenters. The van der Waals surface area contributed by atoms with Gasteiger partial charge in [-0.2, -0.15) is 0 Å². The summed E-state index contributed by atoms with van der Waals surface area (Å²) in [4.78, 5) is 2.54. The van der Waals surface area contributed by atoms with Gasteiger partial charge in [0.25, 0.3) is 0 Å². The molecule has 1 aliphatic carbocycles. The van der Waals surface area contributed by atoms with Crippen molar-refractivity contribution < 1.29 is 4.74 Å². The SMILES string of the molecule is COCCCN(CCCl)C1CCCC1. The number of hydrogen-bond donors (Lipinski definition) is 0. The van der Waals surface area contributed by atoms with Gasteiger partial charge in [-0.1, -0.05) is 12.8 Å². The summed E-state index contributed by atoms with van der Waals surface area (Å²) in [5.74, 6) is 0.753. The Morgan fingerprint density at radius 2 is 2.00 bits per heavy atom. The Labute approximate surface area is 92.6 Å². The van der Waals surface area contributed by atoms with Gasteiger partial charge in [-0.05, 0) is 19.3 Å². The van der Waals surface area contributed by atoms with Gasteiger partial charge in [-0.3, -0.25) is 4.90 Å². The first-order valence-corrected chi connectivity index (χ1v) is 6.21. The summed E-state index contributed by atoms with van der Waals surface area (Å²) in [5.41, 5.74) is 0. The van der Waals surface area contributed by atoms with Gasteiger partial charge in [0.1, 0.15) is 0 Å². The summed E-state index contributed by atoms with van der Waals surface area (Å²) in [6, 6.07) is 0.797. The van der Waals surface area contributed by atoms with Crippen LogP contribution in [-0.2, 0) is 4.74 Å². The summed E-state index contributed by atoms with van der Waals surface area (Å²) in [6.07, 6.45) is 6.65. The highest BCUT2D eigenvalue weighted by Crippen LogP contribution is 2.23. The summed E-state index contributed by atoms with van der Waals surface area (Å²) in [6.45, 7) is 3.05. The monoisotopic (exact) mass is 219 g/mol. The normalized spacial score (nSPS) is 18.2. The molecule has 0 aliphatic heterocycles. The molecule has 0 bridgehead atoms. The fourth-order valence-corrected chi connectivity index (χ4v) is 2.48. The molecule has 84 valence electrons. The quantitative estimate of drug-likeness (QED) is 0.482. The summed E-state index contributed by atoms with van der Waals surface area (Å²) < 4.78 is 5.07. The van der Waals surface area contributed by atoms with Crippen LogP contribution in [0, 0.1) is 0 Å². The standard InChI is InChI=1S/C11H22ClNO/c1-14-10-4-8-13(9-7-12)11-5-2-3-6-11/h11H,2-10H2,1H3. The van der Waals surface area contributed by atoms with Gasteiger partial charge in [-0.25, -0.2) is 0 Å². The van der Waals surface area contributed by atoms with Gasteiger partial charge in [-0.15, -0.1) is 11.6 Å². The van der Waals surface area contributed by atoms with Crippen LogP contribution in [0.4, 0.5) is 0 Å². The van der Waals surface area contributed by atoms with Crippen LogP contribution >= 0.6 is 11.6 Å². The van der Waals surface area contributed by atoms with Gasteiger partial charge >= 0.3 is 0 Å². The third-order valence-corrected chi connectivity index (χ3v) is 3.18. The van der Waals surface area contributed by atoms with Gasteiger partial charge < -0.3 is 4.74 Å². The van der Waals surface area contributed by atoms with Crippen molar-refractivity contribution >= 4 is 11.6 Å². The molecule has 0 aromatic rings. The second kappa shape index (κ2) is 7.49. The number of nitrogens with zero attached hydrogens (tertiary/aromatic N) is 1. The van der Waals surface area contributed by atoms with Crippen molar-refractivity contribution in [3.63, 3.8) is 0 Å². The van der Waals surface area contributed by atoms with E-state index in [0.29, 0.717) is 0 Å². The minimum Gasteiger partial charge on any atom is -0.385 e. The van der Waals surface area contributed by atoms with Crippen molar-refractivity contribution in [2.45, 2.75) is 38.1 Å². The lowest BCUT2D eigenvalue weighted by atomic mass is 10.2. The van der Waals surface area contributed by atoms with E-state index in [1.165, 1.54) is 25.7 Å². The third-order valence-electron chi connectivity index (χ3n) is 3.01. The van der Waals surface area contributed by atoms with E-state index in [9.17, 15) is 0 Å². The molecule has 0 amide bonds. The van der Waals surface area contributed by atoms with Gasteiger partial charge in [0.15, 0.2) is 0 Å². The Balaban J connectivity index is 2.22. The number of alkyl halides is 1. The van der Waals surface area contributed by atoms with E-state index in [1.54, 1.807) is 7.11 Å². The average molecular weight is 220 g/mol. The van der Waals surface area contributed by atoms with Crippen LogP contribution in [-0.4, -0.2) is 43.6 Å². The third kappa shape index (κ3) is 4.16. The molecule has 1 fully saturated rings. The second-order valence-corrected chi connectivity index (χ2v) is 4.39. The van der Waals surface area contributed by atoms with E-state index in [2.05, 4.69) is 4.90 Å². The lowest BCUT2D eigenvalue weighted by molar-refractivity contribution is 0.154. The fraction of sp³-hybridized carbons (Fsp3) is 1.00. The Kier molecular flexibility index (Phi) is 6.57. The van der Waals surface area contributed by atoms with Gasteiger partial charge in [0.05, 0.1) is 0 Å². The van der Waals surface area contributed by atoms with E-state index in [-0.39, 0.29) is 0 Å². The van der Waals surface area contributed by atoms with Gasteiger partial charge in [0, 0.05) is 38.7 Å². The van der Waals surface area contributed by atoms with Crippen LogP contribution in [0.2, 0.25) is 0 Å². The van der Waals surface area contributed by atoms with Crippen molar-refractivity contribution in [1.82, 2.24) is 4.90 Å². The summed E-state index contributed by atoms with van der Waals surface area (Å²) >= 11 is 5.81. The maximum Gasteiger partial charge on any atom is 0.0474 e. The molecule has 1 rings (SSSR count). The number of halogens is 1. The predicted molar refractivity (Wildman–Crippen MR) is 61.0 cm³/mol. The van der Waals surface area contributed by atoms with Crippen LogP contribution in [0.25, 0.3) is 0 Å². The molecule has 3 heteroatoms. The van der Waals surface area contributed by atoms with Crippen LogP contribution in [0.1, 0.15) is 32.1 Å². The summed E-state index contributed by atoms with van der Waals surface area (Å²) in [7, 11) is 1.77. The first kappa shape index (κ1) is 12.3. The summed E-state index contributed by atoms with van der Waals surface area (Å²) in [5, 5.41) is 0. The van der Waals surface area contributed by atoms with Crippen molar-refractivity contribution in [1.29, 1.82) is 0 Å². The molecule has 0 unspecified atom stereocenters. The number of methoxy groups -OCH3 is 1. The molecule has 0 spiro atoms. The molecular weight excluding hydrogens is 198 g/mol. The maximum absolute atomic E-state index is 5.81. The van der Waals surface area contributed by atoms with Crippen molar-refractivity contribution in [2.24, 2.45) is 0 Å². The minimum absolute atomic E-state index is 0.753. The van der Waals surface area contributed by atoms with Gasteiger partial charge in [0.2, 0.25) is 0 Å². The van der Waals surface area contributed by atoms with E-state index in [1.807, 2.05) is 0 Å². The zero-order valence-electron chi connectivity index (χ0n) is 9.17. The van der Waals surface area contributed by atoms with Crippen molar-refractivity contribution in [2.75, 3.05) is 32.7 Å². The highest BCUT2D eigenvalue weighted by atomic mass is 35.5. The van der Waals surface area contributed by atoms with E-state index < -0.39 is 0 Å². The lowest BCUT2D eigenvalue weighted by Crippen LogP contribution is -2.36. The second-order valence-electron chi connectivity index (χ2n) is 4.01. The first-order valence-electron chi connectivity index (χ1n) is 5.67. The largest absolute Gasteiger partial charge is 0.385 e.